The van der Waals surface area contributed by atoms with Crippen molar-refractivity contribution in [2.45, 2.75) is 51.5 Å². The van der Waals surface area contributed by atoms with E-state index in [1.165, 1.54) is 77.8 Å². The fraction of sp³-hybridized carbons (Fsp3) is 1.00. The van der Waals surface area contributed by atoms with E-state index in [1.807, 2.05) is 0 Å². The average Bonchev–Trinajstić information content (AvgIpc) is 2.86. The first kappa shape index (κ1) is 14.8. The Morgan fingerprint density at radius 1 is 1.15 bits per heavy atom. The Labute approximate surface area is 125 Å². The van der Waals surface area contributed by atoms with Gasteiger partial charge in [-0.15, -0.1) is 0 Å². The molecule has 3 aliphatic rings. The van der Waals surface area contributed by atoms with E-state index in [0.717, 1.165) is 12.0 Å². The summed E-state index contributed by atoms with van der Waals surface area (Å²) < 4.78 is 0. The molecule has 0 spiro atoms. The van der Waals surface area contributed by atoms with Crippen LogP contribution in [-0.2, 0) is 0 Å². The highest BCUT2D eigenvalue weighted by Crippen LogP contribution is 2.40. The zero-order valence-electron chi connectivity index (χ0n) is 13.5. The molecule has 2 aliphatic heterocycles. The second kappa shape index (κ2) is 6.33. The number of hydrogen-bond donors (Lipinski definition) is 1. The summed E-state index contributed by atoms with van der Waals surface area (Å²) in [5, 5.41) is 3.50. The first-order valence-corrected chi connectivity index (χ1v) is 8.82. The van der Waals surface area contributed by atoms with Gasteiger partial charge in [-0.25, -0.2) is 0 Å². The van der Waals surface area contributed by atoms with Crippen LogP contribution in [0.3, 0.4) is 0 Å². The van der Waals surface area contributed by atoms with E-state index in [0.29, 0.717) is 5.41 Å². The quantitative estimate of drug-likeness (QED) is 0.851. The van der Waals surface area contributed by atoms with Crippen LogP contribution in [0.25, 0.3) is 0 Å². The molecule has 3 atom stereocenters. The molecule has 3 heteroatoms. The van der Waals surface area contributed by atoms with E-state index in [2.05, 4.69) is 29.1 Å². The largest absolute Gasteiger partial charge is 0.319 e. The van der Waals surface area contributed by atoms with Crippen LogP contribution in [0.4, 0.5) is 0 Å². The lowest BCUT2D eigenvalue weighted by atomic mass is 9.69. The van der Waals surface area contributed by atoms with Gasteiger partial charge in [-0.1, -0.05) is 19.8 Å². The third-order valence-corrected chi connectivity index (χ3v) is 5.97. The number of nitrogens with zero attached hydrogens (tertiary/aromatic N) is 2. The van der Waals surface area contributed by atoms with Crippen LogP contribution in [0.5, 0.6) is 0 Å². The fourth-order valence-electron chi connectivity index (χ4n) is 5.18. The zero-order valence-corrected chi connectivity index (χ0v) is 13.5. The van der Waals surface area contributed by atoms with Crippen molar-refractivity contribution >= 4 is 0 Å². The Morgan fingerprint density at radius 2 is 2.05 bits per heavy atom. The third kappa shape index (κ3) is 3.20. The van der Waals surface area contributed by atoms with E-state index >= 15 is 0 Å². The second-order valence-corrected chi connectivity index (χ2v) is 7.80. The monoisotopic (exact) mass is 279 g/mol. The van der Waals surface area contributed by atoms with Crippen molar-refractivity contribution in [3.63, 3.8) is 0 Å². The van der Waals surface area contributed by atoms with Gasteiger partial charge < -0.3 is 5.32 Å². The summed E-state index contributed by atoms with van der Waals surface area (Å²) in [7, 11) is 2.13. The van der Waals surface area contributed by atoms with Gasteiger partial charge in [-0.2, -0.15) is 0 Å². The van der Waals surface area contributed by atoms with E-state index in [-0.39, 0.29) is 0 Å². The van der Waals surface area contributed by atoms with Crippen molar-refractivity contribution in [1.29, 1.82) is 0 Å². The molecule has 2 saturated heterocycles. The number of hydrogen-bond acceptors (Lipinski definition) is 3. The molecule has 3 rings (SSSR count). The van der Waals surface area contributed by atoms with Gasteiger partial charge >= 0.3 is 0 Å². The van der Waals surface area contributed by atoms with Crippen molar-refractivity contribution in [2.24, 2.45) is 11.3 Å². The molecule has 0 amide bonds. The van der Waals surface area contributed by atoms with Crippen LogP contribution in [0.15, 0.2) is 0 Å². The smallest absolute Gasteiger partial charge is 0.0224 e. The van der Waals surface area contributed by atoms with Crippen LogP contribution < -0.4 is 5.32 Å². The Morgan fingerprint density at radius 3 is 2.85 bits per heavy atom. The average molecular weight is 279 g/mol. The van der Waals surface area contributed by atoms with Gasteiger partial charge in [0, 0.05) is 38.8 Å². The highest BCUT2D eigenvalue weighted by molar-refractivity contribution is 4.93. The molecule has 3 unspecified atom stereocenters. The molecule has 3 nitrogen and oxygen atoms in total. The summed E-state index contributed by atoms with van der Waals surface area (Å²) in [6.45, 7) is 10.3. The SMILES string of the molecule is CNCC1(CN2CCN3CCCC3C2)CCCC(C)C1. The first-order chi connectivity index (χ1) is 9.71. The predicted octanol–water partition coefficient (Wildman–Crippen LogP) is 2.18. The maximum absolute atomic E-state index is 3.50. The number of nitrogens with one attached hydrogen (secondary N) is 1. The fourth-order valence-corrected chi connectivity index (χ4v) is 5.18. The minimum atomic E-state index is 0.549. The van der Waals surface area contributed by atoms with Gasteiger partial charge in [0.25, 0.3) is 0 Å². The topological polar surface area (TPSA) is 18.5 Å². The Balaban J connectivity index is 1.61. The van der Waals surface area contributed by atoms with Crippen LogP contribution in [0.1, 0.15) is 45.4 Å². The minimum absolute atomic E-state index is 0.549. The van der Waals surface area contributed by atoms with Crippen molar-refractivity contribution in [3.8, 4) is 0 Å². The van der Waals surface area contributed by atoms with E-state index in [1.54, 1.807) is 0 Å². The third-order valence-electron chi connectivity index (χ3n) is 5.97. The van der Waals surface area contributed by atoms with Crippen molar-refractivity contribution in [2.75, 3.05) is 46.3 Å². The lowest BCUT2D eigenvalue weighted by molar-refractivity contribution is 0.0371. The van der Waals surface area contributed by atoms with E-state index in [4.69, 9.17) is 0 Å². The second-order valence-electron chi connectivity index (χ2n) is 7.80. The summed E-state index contributed by atoms with van der Waals surface area (Å²) in [5.41, 5.74) is 0.549. The summed E-state index contributed by atoms with van der Waals surface area (Å²) in [6, 6.07) is 0.872. The van der Waals surface area contributed by atoms with E-state index in [9.17, 15) is 0 Å². The summed E-state index contributed by atoms with van der Waals surface area (Å²) >= 11 is 0. The first-order valence-electron chi connectivity index (χ1n) is 8.82. The molecule has 116 valence electrons. The molecule has 0 aromatic rings. The standard InChI is InChI=1S/C17H33N3/c1-15-5-3-7-17(11-15,13-18-2)14-19-9-10-20-8-4-6-16(20)12-19/h15-16,18H,3-14H2,1-2H3. The molecule has 0 aromatic carbocycles. The Kier molecular flexibility index (Phi) is 4.68. The highest BCUT2D eigenvalue weighted by atomic mass is 15.3. The molecule has 1 aliphatic carbocycles. The molecule has 3 fully saturated rings. The van der Waals surface area contributed by atoms with Crippen molar-refractivity contribution < 1.29 is 0 Å². The van der Waals surface area contributed by atoms with Gasteiger partial charge in [0.2, 0.25) is 0 Å². The molecule has 20 heavy (non-hydrogen) atoms. The highest BCUT2D eigenvalue weighted by Gasteiger charge is 2.38. The van der Waals surface area contributed by atoms with Gasteiger partial charge in [0.1, 0.15) is 0 Å². The number of rotatable bonds is 4. The predicted molar refractivity (Wildman–Crippen MR) is 85.0 cm³/mol. The minimum Gasteiger partial charge on any atom is -0.319 e. The molecule has 0 aromatic heterocycles. The van der Waals surface area contributed by atoms with E-state index < -0.39 is 0 Å². The number of piperazine rings is 1. The lowest BCUT2D eigenvalue weighted by Gasteiger charge is -2.46. The van der Waals surface area contributed by atoms with Gasteiger partial charge in [-0.3, -0.25) is 9.80 Å². The summed E-state index contributed by atoms with van der Waals surface area (Å²) in [4.78, 5) is 5.52. The zero-order chi connectivity index (χ0) is 14.0. The molecule has 0 radical (unpaired) electrons. The summed E-state index contributed by atoms with van der Waals surface area (Å²) in [6.07, 6.45) is 8.61. The molecule has 1 N–H and O–H groups in total. The van der Waals surface area contributed by atoms with Gasteiger partial charge in [-0.05, 0) is 50.6 Å². The van der Waals surface area contributed by atoms with Crippen LogP contribution in [0.2, 0.25) is 0 Å². The lowest BCUT2D eigenvalue weighted by Crippen LogP contribution is -2.54. The normalized spacial score (nSPS) is 39.9. The molecular formula is C17H33N3. The van der Waals surface area contributed by atoms with Crippen molar-refractivity contribution in [3.05, 3.63) is 0 Å². The molecule has 0 bridgehead atoms. The molecular weight excluding hydrogens is 246 g/mol. The van der Waals surface area contributed by atoms with Crippen molar-refractivity contribution in [1.82, 2.24) is 15.1 Å². The molecule has 2 heterocycles. The summed E-state index contributed by atoms with van der Waals surface area (Å²) in [5.74, 6) is 0.921. The Bertz CT molecular complexity index is 315. The maximum atomic E-state index is 3.50. The van der Waals surface area contributed by atoms with Crippen LogP contribution in [-0.4, -0.2) is 62.2 Å². The Hall–Kier alpha value is -0.120. The van der Waals surface area contributed by atoms with Crippen LogP contribution in [0, 0.1) is 11.3 Å². The molecule has 1 saturated carbocycles. The maximum Gasteiger partial charge on any atom is 0.0224 e. The van der Waals surface area contributed by atoms with Gasteiger partial charge in [0.05, 0.1) is 0 Å². The number of fused-ring (bicyclic) bond motifs is 1. The van der Waals surface area contributed by atoms with Crippen LogP contribution >= 0.6 is 0 Å². The van der Waals surface area contributed by atoms with Gasteiger partial charge in [0.15, 0.2) is 0 Å².